The lowest BCUT2D eigenvalue weighted by atomic mass is 9.96. The van der Waals surface area contributed by atoms with Crippen molar-refractivity contribution in [3.63, 3.8) is 0 Å². The normalized spacial score (nSPS) is 20.1. The minimum Gasteiger partial charge on any atom is -0.393 e. The van der Waals surface area contributed by atoms with E-state index >= 15 is 0 Å². The zero-order chi connectivity index (χ0) is 15.2. The Bertz CT molecular complexity index is 490. The molecule has 1 saturated heterocycles. The van der Waals surface area contributed by atoms with E-state index in [1.807, 2.05) is 6.07 Å². The van der Waals surface area contributed by atoms with E-state index in [0.717, 1.165) is 31.1 Å². The summed E-state index contributed by atoms with van der Waals surface area (Å²) < 4.78 is 0. The van der Waals surface area contributed by atoms with Gasteiger partial charge in [0.15, 0.2) is 0 Å². The molecule has 1 atom stereocenters. The Morgan fingerprint density at radius 3 is 2.90 bits per heavy atom. The third-order valence-electron chi connectivity index (χ3n) is 4.33. The van der Waals surface area contributed by atoms with Gasteiger partial charge in [-0.05, 0) is 49.9 Å². The van der Waals surface area contributed by atoms with Crippen LogP contribution in [0.3, 0.4) is 0 Å². The highest BCUT2D eigenvalue weighted by atomic mass is 16.6. The van der Waals surface area contributed by atoms with Crippen molar-refractivity contribution in [3.8, 4) is 0 Å². The summed E-state index contributed by atoms with van der Waals surface area (Å²) in [6, 6.07) is 5.16. The SMILES string of the molecule is CCCC1CCCN(Cc2ccc(N)c([N+](=O)[O-])c2)CC1. The van der Waals surface area contributed by atoms with Gasteiger partial charge in [0.2, 0.25) is 0 Å². The Kier molecular flexibility index (Phi) is 5.56. The van der Waals surface area contributed by atoms with Gasteiger partial charge in [0.05, 0.1) is 4.92 Å². The predicted molar refractivity (Wildman–Crippen MR) is 85.0 cm³/mol. The van der Waals surface area contributed by atoms with Crippen LogP contribution in [0.4, 0.5) is 11.4 Å². The van der Waals surface area contributed by atoms with E-state index in [1.54, 1.807) is 12.1 Å². The fourth-order valence-corrected chi connectivity index (χ4v) is 3.18. The van der Waals surface area contributed by atoms with Crippen molar-refractivity contribution in [1.82, 2.24) is 4.90 Å². The summed E-state index contributed by atoms with van der Waals surface area (Å²) in [5, 5.41) is 10.9. The summed E-state index contributed by atoms with van der Waals surface area (Å²) in [7, 11) is 0. The van der Waals surface area contributed by atoms with Crippen molar-refractivity contribution in [2.45, 2.75) is 45.6 Å². The zero-order valence-corrected chi connectivity index (χ0v) is 12.8. The lowest BCUT2D eigenvalue weighted by Crippen LogP contribution is -2.24. The minimum atomic E-state index is -0.404. The first kappa shape index (κ1) is 15.8. The fraction of sp³-hybridized carbons (Fsp3) is 0.625. The molecule has 1 aliphatic heterocycles. The third kappa shape index (κ3) is 4.43. The maximum Gasteiger partial charge on any atom is 0.292 e. The Morgan fingerprint density at radius 2 is 2.19 bits per heavy atom. The lowest BCUT2D eigenvalue weighted by Gasteiger charge is -2.20. The van der Waals surface area contributed by atoms with E-state index in [4.69, 9.17) is 5.73 Å². The number of nitrogens with zero attached hydrogens (tertiary/aromatic N) is 2. The molecule has 0 spiro atoms. The molecule has 1 fully saturated rings. The maximum atomic E-state index is 10.9. The number of hydrogen-bond acceptors (Lipinski definition) is 4. The summed E-state index contributed by atoms with van der Waals surface area (Å²) in [5.41, 5.74) is 6.88. The monoisotopic (exact) mass is 291 g/mol. The lowest BCUT2D eigenvalue weighted by molar-refractivity contribution is -0.384. The maximum absolute atomic E-state index is 10.9. The van der Waals surface area contributed by atoms with Crippen LogP contribution in [-0.4, -0.2) is 22.9 Å². The van der Waals surface area contributed by atoms with E-state index in [0.29, 0.717) is 0 Å². The van der Waals surface area contributed by atoms with Gasteiger partial charge in [0, 0.05) is 12.6 Å². The molecule has 0 amide bonds. The second kappa shape index (κ2) is 7.41. The number of rotatable bonds is 5. The van der Waals surface area contributed by atoms with Crippen LogP contribution in [0.15, 0.2) is 18.2 Å². The first-order valence-electron chi connectivity index (χ1n) is 7.85. The average Bonchev–Trinajstić information content (AvgIpc) is 2.67. The van der Waals surface area contributed by atoms with E-state index in [2.05, 4.69) is 11.8 Å². The first-order chi connectivity index (χ1) is 10.1. The Hall–Kier alpha value is -1.62. The molecule has 1 aliphatic rings. The van der Waals surface area contributed by atoms with Gasteiger partial charge in [-0.1, -0.05) is 25.8 Å². The van der Waals surface area contributed by atoms with Gasteiger partial charge in [-0.25, -0.2) is 0 Å². The second-order valence-electron chi connectivity index (χ2n) is 6.01. The first-order valence-corrected chi connectivity index (χ1v) is 7.85. The Balaban J connectivity index is 1.98. The number of benzene rings is 1. The van der Waals surface area contributed by atoms with Gasteiger partial charge in [0.25, 0.3) is 5.69 Å². The van der Waals surface area contributed by atoms with Gasteiger partial charge >= 0.3 is 0 Å². The van der Waals surface area contributed by atoms with Crippen LogP contribution in [0.25, 0.3) is 0 Å². The third-order valence-corrected chi connectivity index (χ3v) is 4.33. The molecule has 2 rings (SSSR count). The van der Waals surface area contributed by atoms with Gasteiger partial charge in [0.1, 0.15) is 5.69 Å². The van der Waals surface area contributed by atoms with Gasteiger partial charge in [-0.15, -0.1) is 0 Å². The minimum absolute atomic E-state index is 0.0196. The van der Waals surface area contributed by atoms with Gasteiger partial charge in [-0.3, -0.25) is 15.0 Å². The van der Waals surface area contributed by atoms with Gasteiger partial charge < -0.3 is 5.73 Å². The summed E-state index contributed by atoms with van der Waals surface area (Å²) in [4.78, 5) is 13.0. The molecule has 0 aliphatic carbocycles. The van der Waals surface area contributed by atoms with Crippen molar-refractivity contribution in [2.24, 2.45) is 5.92 Å². The van der Waals surface area contributed by atoms with Crippen LogP contribution in [0.5, 0.6) is 0 Å². The zero-order valence-electron chi connectivity index (χ0n) is 12.8. The van der Waals surface area contributed by atoms with Crippen molar-refractivity contribution in [2.75, 3.05) is 18.8 Å². The summed E-state index contributed by atoms with van der Waals surface area (Å²) in [6.07, 6.45) is 6.36. The molecule has 1 aromatic carbocycles. The molecule has 0 saturated carbocycles. The highest BCUT2D eigenvalue weighted by molar-refractivity contribution is 5.59. The molecular formula is C16H25N3O2. The van der Waals surface area contributed by atoms with Crippen molar-refractivity contribution >= 4 is 11.4 Å². The molecule has 0 aromatic heterocycles. The molecule has 2 N–H and O–H groups in total. The van der Waals surface area contributed by atoms with E-state index in [-0.39, 0.29) is 11.4 Å². The molecule has 5 heteroatoms. The summed E-state index contributed by atoms with van der Waals surface area (Å²) in [6.45, 7) is 5.19. The van der Waals surface area contributed by atoms with Crippen LogP contribution < -0.4 is 5.73 Å². The van der Waals surface area contributed by atoms with E-state index in [1.165, 1.54) is 32.1 Å². The topological polar surface area (TPSA) is 72.4 Å². The number of anilines is 1. The Labute approximate surface area is 126 Å². The van der Waals surface area contributed by atoms with Crippen LogP contribution in [0, 0.1) is 16.0 Å². The number of nitrogens with two attached hydrogens (primary N) is 1. The summed E-state index contributed by atoms with van der Waals surface area (Å²) in [5.74, 6) is 0.848. The number of nitro benzene ring substituents is 1. The molecule has 1 unspecified atom stereocenters. The molecule has 1 aromatic rings. The smallest absolute Gasteiger partial charge is 0.292 e. The molecule has 21 heavy (non-hydrogen) atoms. The Morgan fingerprint density at radius 1 is 1.38 bits per heavy atom. The van der Waals surface area contributed by atoms with E-state index < -0.39 is 4.92 Å². The molecule has 116 valence electrons. The van der Waals surface area contributed by atoms with Crippen LogP contribution >= 0.6 is 0 Å². The number of likely N-dealkylation sites (tertiary alicyclic amines) is 1. The second-order valence-corrected chi connectivity index (χ2v) is 6.01. The van der Waals surface area contributed by atoms with Crippen LogP contribution in [0.1, 0.15) is 44.6 Å². The highest BCUT2D eigenvalue weighted by Gasteiger charge is 2.18. The van der Waals surface area contributed by atoms with Crippen LogP contribution in [-0.2, 0) is 6.54 Å². The molecular weight excluding hydrogens is 266 g/mol. The largest absolute Gasteiger partial charge is 0.393 e. The predicted octanol–water partition coefficient (Wildman–Crippen LogP) is 3.58. The number of nitrogen functional groups attached to an aromatic ring is 1. The quantitative estimate of drug-likeness (QED) is 0.511. The molecule has 5 nitrogen and oxygen atoms in total. The fourth-order valence-electron chi connectivity index (χ4n) is 3.18. The van der Waals surface area contributed by atoms with Crippen molar-refractivity contribution < 1.29 is 4.92 Å². The van der Waals surface area contributed by atoms with Crippen molar-refractivity contribution in [1.29, 1.82) is 0 Å². The molecule has 1 heterocycles. The van der Waals surface area contributed by atoms with Crippen molar-refractivity contribution in [3.05, 3.63) is 33.9 Å². The standard InChI is InChI=1S/C16H25N3O2/c1-2-4-13-5-3-9-18(10-8-13)12-14-6-7-15(17)16(11-14)19(20)21/h6-7,11,13H,2-5,8-10,12,17H2,1H3. The van der Waals surface area contributed by atoms with Gasteiger partial charge in [-0.2, -0.15) is 0 Å². The number of nitro groups is 1. The average molecular weight is 291 g/mol. The molecule has 0 radical (unpaired) electrons. The van der Waals surface area contributed by atoms with Crippen LogP contribution in [0.2, 0.25) is 0 Å². The summed E-state index contributed by atoms with van der Waals surface area (Å²) >= 11 is 0. The van der Waals surface area contributed by atoms with E-state index in [9.17, 15) is 10.1 Å². The molecule has 0 bridgehead atoms. The number of hydrogen-bond donors (Lipinski definition) is 1. The highest BCUT2D eigenvalue weighted by Crippen LogP contribution is 2.25.